The Balaban J connectivity index is 0.00000300. The smallest absolute Gasteiger partial charge is 0.194 e. The lowest BCUT2D eigenvalue weighted by atomic mass is 9.65. The molecule has 0 radical (unpaired) electrons. The number of guanidine groups is 1. The van der Waals surface area contributed by atoms with E-state index in [9.17, 15) is 0 Å². The summed E-state index contributed by atoms with van der Waals surface area (Å²) in [7, 11) is 0. The fourth-order valence-corrected chi connectivity index (χ4v) is 4.94. The molecule has 166 valence electrons. The number of rotatable bonds is 7. The van der Waals surface area contributed by atoms with E-state index in [0.717, 1.165) is 49.4 Å². The molecule has 0 aromatic carbocycles. The van der Waals surface area contributed by atoms with Crippen molar-refractivity contribution in [1.82, 2.24) is 25.0 Å². The number of aryl methyl sites for hydroxylation is 1. The molecule has 0 bridgehead atoms. The molecule has 2 fully saturated rings. The summed E-state index contributed by atoms with van der Waals surface area (Å²) in [6, 6.07) is 0.595. The van der Waals surface area contributed by atoms with Gasteiger partial charge >= 0.3 is 0 Å². The molecular weight excluding hydrogens is 495 g/mol. The van der Waals surface area contributed by atoms with Crippen LogP contribution in [0.4, 0.5) is 0 Å². The molecule has 1 aliphatic heterocycles. The standard InChI is InChI=1S/C21H38N6S.HI/c1-7-22-18(26-15-20(2,3)21(26,4)5)23-14-10-13-17-24-25-19(28-6)27(17)16-11-8-9-12-16;/h16H,7-15H2,1-6H3,(H,22,23);1H. The maximum atomic E-state index is 4.93. The molecule has 6 nitrogen and oxygen atoms in total. The molecule has 8 heteroatoms. The highest BCUT2D eigenvalue weighted by molar-refractivity contribution is 14.0. The van der Waals surface area contributed by atoms with Gasteiger partial charge in [0.2, 0.25) is 0 Å². The van der Waals surface area contributed by atoms with Crippen molar-refractivity contribution in [3.05, 3.63) is 5.82 Å². The largest absolute Gasteiger partial charge is 0.356 e. The van der Waals surface area contributed by atoms with Crippen LogP contribution in [-0.2, 0) is 6.42 Å². The first-order valence-electron chi connectivity index (χ1n) is 10.9. The molecule has 1 N–H and O–H groups in total. The van der Waals surface area contributed by atoms with Crippen molar-refractivity contribution in [3.8, 4) is 0 Å². The third-order valence-corrected chi connectivity index (χ3v) is 7.55. The fourth-order valence-electron chi connectivity index (χ4n) is 4.36. The van der Waals surface area contributed by atoms with E-state index in [1.165, 1.54) is 25.7 Å². The number of nitrogens with one attached hydrogen (secondary N) is 1. The molecule has 2 aliphatic rings. The number of nitrogens with zero attached hydrogens (tertiary/aromatic N) is 5. The minimum absolute atomic E-state index is 0. The summed E-state index contributed by atoms with van der Waals surface area (Å²) < 4.78 is 2.41. The van der Waals surface area contributed by atoms with E-state index in [4.69, 9.17) is 4.99 Å². The molecular formula is C21H39IN6S. The van der Waals surface area contributed by atoms with Gasteiger partial charge in [-0.3, -0.25) is 4.99 Å². The summed E-state index contributed by atoms with van der Waals surface area (Å²) in [5, 5.41) is 13.5. The van der Waals surface area contributed by atoms with Gasteiger partial charge in [0, 0.05) is 43.1 Å². The van der Waals surface area contributed by atoms with E-state index in [-0.39, 0.29) is 29.5 Å². The lowest BCUT2D eigenvalue weighted by Crippen LogP contribution is -2.72. The predicted molar refractivity (Wildman–Crippen MR) is 134 cm³/mol. The Morgan fingerprint density at radius 1 is 1.21 bits per heavy atom. The molecule has 29 heavy (non-hydrogen) atoms. The van der Waals surface area contributed by atoms with E-state index in [1.54, 1.807) is 11.8 Å². The second-order valence-electron chi connectivity index (χ2n) is 9.28. The van der Waals surface area contributed by atoms with Crippen molar-refractivity contribution in [3.63, 3.8) is 0 Å². The molecule has 2 heterocycles. The molecule has 0 atom stereocenters. The van der Waals surface area contributed by atoms with Gasteiger partial charge in [0.05, 0.1) is 0 Å². The van der Waals surface area contributed by atoms with Crippen molar-refractivity contribution in [2.45, 2.75) is 89.9 Å². The van der Waals surface area contributed by atoms with Gasteiger partial charge in [-0.1, -0.05) is 38.5 Å². The van der Waals surface area contributed by atoms with Crippen molar-refractivity contribution in [1.29, 1.82) is 0 Å². The third kappa shape index (κ3) is 5.05. The van der Waals surface area contributed by atoms with Crippen LogP contribution in [0.5, 0.6) is 0 Å². The van der Waals surface area contributed by atoms with Gasteiger partial charge in [-0.2, -0.15) is 0 Å². The van der Waals surface area contributed by atoms with E-state index in [0.29, 0.717) is 11.5 Å². The monoisotopic (exact) mass is 534 g/mol. The Morgan fingerprint density at radius 2 is 1.90 bits per heavy atom. The lowest BCUT2D eigenvalue weighted by molar-refractivity contribution is -0.0667. The van der Waals surface area contributed by atoms with Gasteiger partial charge in [0.1, 0.15) is 5.82 Å². The minimum Gasteiger partial charge on any atom is -0.356 e. The fraction of sp³-hybridized carbons (Fsp3) is 0.857. The topological polar surface area (TPSA) is 58.3 Å². The summed E-state index contributed by atoms with van der Waals surface area (Å²) in [6.45, 7) is 14.2. The van der Waals surface area contributed by atoms with E-state index in [1.807, 2.05) is 0 Å². The van der Waals surface area contributed by atoms with Crippen LogP contribution in [0, 0.1) is 5.41 Å². The van der Waals surface area contributed by atoms with Crippen LogP contribution in [0.2, 0.25) is 0 Å². The Morgan fingerprint density at radius 3 is 2.45 bits per heavy atom. The van der Waals surface area contributed by atoms with Crippen molar-refractivity contribution < 1.29 is 0 Å². The second-order valence-corrected chi connectivity index (χ2v) is 10.1. The van der Waals surface area contributed by atoms with Crippen LogP contribution < -0.4 is 5.32 Å². The minimum atomic E-state index is 0. The zero-order valence-electron chi connectivity index (χ0n) is 19.0. The van der Waals surface area contributed by atoms with E-state index in [2.05, 4.69) is 65.9 Å². The predicted octanol–water partition coefficient (Wildman–Crippen LogP) is 4.75. The average molecular weight is 535 g/mol. The van der Waals surface area contributed by atoms with Crippen LogP contribution in [0.1, 0.15) is 78.6 Å². The van der Waals surface area contributed by atoms with Gasteiger partial charge in [-0.05, 0) is 46.3 Å². The second kappa shape index (κ2) is 10.2. The SMILES string of the molecule is CCNC(=NCCCc1nnc(SC)n1C1CCCC1)N1CC(C)(C)C1(C)C.I. The Kier molecular flexibility index (Phi) is 8.71. The third-order valence-electron chi connectivity index (χ3n) is 6.90. The quantitative estimate of drug-likeness (QED) is 0.180. The molecule has 0 amide bonds. The Labute approximate surface area is 198 Å². The van der Waals surface area contributed by atoms with Crippen LogP contribution in [0.25, 0.3) is 0 Å². The number of hydrogen-bond donors (Lipinski definition) is 1. The first-order valence-corrected chi connectivity index (χ1v) is 12.1. The van der Waals surface area contributed by atoms with Crippen LogP contribution in [-0.4, -0.2) is 57.1 Å². The highest BCUT2D eigenvalue weighted by atomic mass is 127. The maximum Gasteiger partial charge on any atom is 0.194 e. The number of aliphatic imine (C=N–C) groups is 1. The van der Waals surface area contributed by atoms with Gasteiger partial charge in [-0.15, -0.1) is 34.2 Å². The molecule has 1 aliphatic carbocycles. The number of halogens is 1. The highest BCUT2D eigenvalue weighted by Gasteiger charge is 2.53. The summed E-state index contributed by atoms with van der Waals surface area (Å²) >= 11 is 1.71. The Hall–Kier alpha value is -0.510. The molecule has 0 spiro atoms. The van der Waals surface area contributed by atoms with Gasteiger partial charge in [-0.25, -0.2) is 0 Å². The van der Waals surface area contributed by atoms with Crippen molar-refractivity contribution in [2.24, 2.45) is 10.4 Å². The summed E-state index contributed by atoms with van der Waals surface area (Å²) in [5.74, 6) is 2.19. The Bertz CT molecular complexity index is 693. The summed E-state index contributed by atoms with van der Waals surface area (Å²) in [4.78, 5) is 7.35. The molecule has 1 aromatic rings. The van der Waals surface area contributed by atoms with Gasteiger partial charge in [0.25, 0.3) is 0 Å². The highest BCUT2D eigenvalue weighted by Crippen LogP contribution is 2.46. The molecule has 0 unspecified atom stereocenters. The van der Waals surface area contributed by atoms with Crippen LogP contribution in [0.3, 0.4) is 0 Å². The van der Waals surface area contributed by atoms with Crippen LogP contribution >= 0.6 is 35.7 Å². The van der Waals surface area contributed by atoms with Crippen LogP contribution in [0.15, 0.2) is 10.1 Å². The number of likely N-dealkylation sites (tertiary alicyclic amines) is 1. The number of aromatic nitrogens is 3. The first kappa shape index (κ1) is 24.8. The summed E-state index contributed by atoms with van der Waals surface area (Å²) in [5.41, 5.74) is 0.443. The molecule has 1 saturated carbocycles. The first-order chi connectivity index (χ1) is 13.3. The van der Waals surface area contributed by atoms with Crippen molar-refractivity contribution in [2.75, 3.05) is 25.9 Å². The van der Waals surface area contributed by atoms with E-state index < -0.39 is 0 Å². The molecule has 1 saturated heterocycles. The number of hydrogen-bond acceptors (Lipinski definition) is 4. The zero-order valence-corrected chi connectivity index (χ0v) is 22.1. The number of thioether (sulfide) groups is 1. The van der Waals surface area contributed by atoms with Gasteiger partial charge in [0.15, 0.2) is 11.1 Å². The lowest BCUT2D eigenvalue weighted by Gasteiger charge is -2.62. The molecule has 3 rings (SSSR count). The average Bonchev–Trinajstić information content (AvgIpc) is 3.31. The molecule has 1 aromatic heterocycles. The zero-order chi connectivity index (χ0) is 20.4. The summed E-state index contributed by atoms with van der Waals surface area (Å²) in [6.07, 6.45) is 9.24. The normalized spacial score (nSPS) is 21.0. The van der Waals surface area contributed by atoms with Crippen molar-refractivity contribution >= 4 is 41.7 Å². The van der Waals surface area contributed by atoms with Gasteiger partial charge < -0.3 is 14.8 Å². The van der Waals surface area contributed by atoms with E-state index >= 15 is 0 Å². The maximum absolute atomic E-state index is 4.93.